The van der Waals surface area contributed by atoms with E-state index in [1.807, 2.05) is 41.0 Å². The van der Waals surface area contributed by atoms with Crippen molar-refractivity contribution in [3.8, 4) is 11.3 Å². The summed E-state index contributed by atoms with van der Waals surface area (Å²) in [6.07, 6.45) is 1.54. The second kappa shape index (κ2) is 8.81. The van der Waals surface area contributed by atoms with Gasteiger partial charge in [0.2, 0.25) is 11.8 Å². The number of piperazine rings is 1. The molecule has 0 aliphatic carbocycles. The molecule has 3 heterocycles. The Labute approximate surface area is 177 Å². The molecule has 2 aromatic rings. The van der Waals surface area contributed by atoms with E-state index in [2.05, 4.69) is 27.0 Å². The number of nitrogens with zero attached hydrogens (tertiary/aromatic N) is 5. The van der Waals surface area contributed by atoms with E-state index >= 15 is 0 Å². The molecular formula is C23H29N5O2. The number of aromatic nitrogens is 2. The number of carbonyl (C=O) groups excluding carboxylic acids is 2. The summed E-state index contributed by atoms with van der Waals surface area (Å²) in [4.78, 5) is 39.7. The lowest BCUT2D eigenvalue weighted by Gasteiger charge is -2.39. The van der Waals surface area contributed by atoms with Crippen LogP contribution in [0.25, 0.3) is 11.3 Å². The van der Waals surface area contributed by atoms with E-state index in [0.717, 1.165) is 48.8 Å². The third-order valence-electron chi connectivity index (χ3n) is 6.10. The number of aryl methyl sites for hydroxylation is 1. The molecule has 2 fully saturated rings. The smallest absolute Gasteiger partial charge is 0.225 e. The highest BCUT2D eigenvalue weighted by molar-refractivity contribution is 5.80. The minimum atomic E-state index is 0.0399. The van der Waals surface area contributed by atoms with Crippen LogP contribution < -0.4 is 4.90 Å². The Hall–Kier alpha value is -2.96. The molecule has 2 aliphatic heterocycles. The van der Waals surface area contributed by atoms with Gasteiger partial charge in [0.1, 0.15) is 11.6 Å². The van der Waals surface area contributed by atoms with Gasteiger partial charge in [0.25, 0.3) is 0 Å². The highest BCUT2D eigenvalue weighted by Crippen LogP contribution is 2.24. The van der Waals surface area contributed by atoms with Gasteiger partial charge in [-0.05, 0) is 19.8 Å². The molecular weight excluding hydrogens is 378 g/mol. The topological polar surface area (TPSA) is 69.6 Å². The Morgan fingerprint density at radius 1 is 0.900 bits per heavy atom. The van der Waals surface area contributed by atoms with Gasteiger partial charge in [0, 0.05) is 63.7 Å². The lowest BCUT2D eigenvalue weighted by Crippen LogP contribution is -2.52. The molecule has 2 aliphatic rings. The van der Waals surface area contributed by atoms with Crippen LogP contribution in [0.1, 0.15) is 25.6 Å². The number of benzene rings is 1. The molecule has 2 saturated heterocycles. The van der Waals surface area contributed by atoms with Gasteiger partial charge >= 0.3 is 0 Å². The Morgan fingerprint density at radius 2 is 1.57 bits per heavy atom. The number of amides is 2. The number of hydrogen-bond donors (Lipinski definition) is 0. The summed E-state index contributed by atoms with van der Waals surface area (Å²) < 4.78 is 0. The molecule has 7 heteroatoms. The summed E-state index contributed by atoms with van der Waals surface area (Å²) in [5, 5.41) is 0. The van der Waals surface area contributed by atoms with Crippen molar-refractivity contribution in [2.24, 2.45) is 5.92 Å². The number of piperidine rings is 1. The third kappa shape index (κ3) is 4.45. The predicted octanol–water partition coefficient (Wildman–Crippen LogP) is 2.36. The summed E-state index contributed by atoms with van der Waals surface area (Å²) in [7, 11) is 0. The van der Waals surface area contributed by atoms with Crippen LogP contribution in [0.4, 0.5) is 5.82 Å². The third-order valence-corrected chi connectivity index (χ3v) is 6.10. The van der Waals surface area contributed by atoms with Gasteiger partial charge in [-0.3, -0.25) is 9.59 Å². The summed E-state index contributed by atoms with van der Waals surface area (Å²) >= 11 is 0. The molecule has 1 aromatic carbocycles. The van der Waals surface area contributed by atoms with Gasteiger partial charge in [0.15, 0.2) is 0 Å². The second-order valence-corrected chi connectivity index (χ2v) is 8.12. The van der Waals surface area contributed by atoms with Crippen LogP contribution in [-0.4, -0.2) is 70.9 Å². The number of carbonyl (C=O) groups is 2. The van der Waals surface area contributed by atoms with Gasteiger partial charge in [-0.15, -0.1) is 0 Å². The maximum Gasteiger partial charge on any atom is 0.225 e. The van der Waals surface area contributed by atoms with E-state index in [0.29, 0.717) is 26.2 Å². The molecule has 0 spiro atoms. The van der Waals surface area contributed by atoms with Gasteiger partial charge in [0.05, 0.1) is 5.69 Å². The number of likely N-dealkylation sites (tertiary alicyclic amines) is 1. The van der Waals surface area contributed by atoms with Crippen LogP contribution in [-0.2, 0) is 9.59 Å². The summed E-state index contributed by atoms with van der Waals surface area (Å²) in [6.45, 7) is 7.83. The zero-order valence-electron chi connectivity index (χ0n) is 17.8. The van der Waals surface area contributed by atoms with E-state index < -0.39 is 0 Å². The molecule has 0 saturated carbocycles. The lowest BCUT2D eigenvalue weighted by molar-refractivity contribution is -0.140. The largest absolute Gasteiger partial charge is 0.353 e. The maximum absolute atomic E-state index is 12.9. The highest BCUT2D eigenvalue weighted by Gasteiger charge is 2.31. The molecule has 158 valence electrons. The molecule has 2 amide bonds. The van der Waals surface area contributed by atoms with E-state index in [9.17, 15) is 9.59 Å². The van der Waals surface area contributed by atoms with E-state index in [1.165, 1.54) is 0 Å². The van der Waals surface area contributed by atoms with Crippen molar-refractivity contribution in [2.45, 2.75) is 26.7 Å². The van der Waals surface area contributed by atoms with Gasteiger partial charge < -0.3 is 14.7 Å². The van der Waals surface area contributed by atoms with Crippen LogP contribution in [0.2, 0.25) is 0 Å². The van der Waals surface area contributed by atoms with Gasteiger partial charge in [-0.1, -0.05) is 30.3 Å². The highest BCUT2D eigenvalue weighted by atomic mass is 16.2. The van der Waals surface area contributed by atoms with E-state index in [-0.39, 0.29) is 17.7 Å². The SMILES string of the molecule is CC(=O)N1CCC(C(=O)N2CCN(c3cc(-c4ccccc4)nc(C)n3)CC2)CC1. The molecule has 0 atom stereocenters. The maximum atomic E-state index is 12.9. The summed E-state index contributed by atoms with van der Waals surface area (Å²) in [5.74, 6) is 2.05. The normalized spacial score (nSPS) is 17.9. The van der Waals surface area contributed by atoms with Crippen molar-refractivity contribution in [3.05, 3.63) is 42.2 Å². The monoisotopic (exact) mass is 407 g/mol. The van der Waals surface area contributed by atoms with Crippen LogP contribution in [0.15, 0.2) is 36.4 Å². The van der Waals surface area contributed by atoms with E-state index in [4.69, 9.17) is 0 Å². The van der Waals surface area contributed by atoms with Crippen molar-refractivity contribution >= 4 is 17.6 Å². The van der Waals surface area contributed by atoms with Crippen molar-refractivity contribution < 1.29 is 9.59 Å². The number of anilines is 1. The van der Waals surface area contributed by atoms with Crippen LogP contribution in [0.3, 0.4) is 0 Å². The second-order valence-electron chi connectivity index (χ2n) is 8.12. The first-order chi connectivity index (χ1) is 14.5. The first-order valence-electron chi connectivity index (χ1n) is 10.7. The average Bonchev–Trinajstić information content (AvgIpc) is 2.79. The molecule has 0 unspecified atom stereocenters. The molecule has 0 radical (unpaired) electrons. The van der Waals surface area contributed by atoms with Gasteiger partial charge in [-0.2, -0.15) is 0 Å². The lowest BCUT2D eigenvalue weighted by atomic mass is 9.95. The fourth-order valence-corrected chi connectivity index (χ4v) is 4.33. The first kappa shape index (κ1) is 20.3. The molecule has 30 heavy (non-hydrogen) atoms. The quantitative estimate of drug-likeness (QED) is 0.781. The van der Waals surface area contributed by atoms with Crippen molar-refractivity contribution in [3.63, 3.8) is 0 Å². The molecule has 4 rings (SSSR count). The van der Waals surface area contributed by atoms with Crippen molar-refractivity contribution in [2.75, 3.05) is 44.2 Å². The minimum absolute atomic E-state index is 0.0399. The van der Waals surface area contributed by atoms with Crippen LogP contribution >= 0.6 is 0 Å². The predicted molar refractivity (Wildman–Crippen MR) is 116 cm³/mol. The first-order valence-corrected chi connectivity index (χ1v) is 10.7. The fourth-order valence-electron chi connectivity index (χ4n) is 4.33. The minimum Gasteiger partial charge on any atom is -0.353 e. The molecule has 7 nitrogen and oxygen atoms in total. The Morgan fingerprint density at radius 3 is 2.20 bits per heavy atom. The van der Waals surface area contributed by atoms with Gasteiger partial charge in [-0.25, -0.2) is 9.97 Å². The van der Waals surface area contributed by atoms with Crippen LogP contribution in [0, 0.1) is 12.8 Å². The zero-order chi connectivity index (χ0) is 21.1. The Balaban J connectivity index is 1.37. The summed E-state index contributed by atoms with van der Waals surface area (Å²) in [6, 6.07) is 12.2. The van der Waals surface area contributed by atoms with Crippen molar-refractivity contribution in [1.82, 2.24) is 19.8 Å². The van der Waals surface area contributed by atoms with Crippen LogP contribution in [0.5, 0.6) is 0 Å². The number of hydrogen-bond acceptors (Lipinski definition) is 5. The number of rotatable bonds is 3. The summed E-state index contributed by atoms with van der Waals surface area (Å²) in [5.41, 5.74) is 2.00. The zero-order valence-corrected chi connectivity index (χ0v) is 17.8. The molecule has 1 aromatic heterocycles. The standard InChI is InChI=1S/C23H29N5O2/c1-17-24-21(19-6-4-3-5-7-19)16-22(25-17)27-12-14-28(15-13-27)23(30)20-8-10-26(11-9-20)18(2)29/h3-7,16,20H,8-15H2,1-2H3. The average molecular weight is 408 g/mol. The Bertz CT molecular complexity index is 901. The fraction of sp³-hybridized carbons (Fsp3) is 0.478. The van der Waals surface area contributed by atoms with Crippen molar-refractivity contribution in [1.29, 1.82) is 0 Å². The van der Waals surface area contributed by atoms with E-state index in [1.54, 1.807) is 6.92 Å². The molecule has 0 bridgehead atoms. The Kier molecular flexibility index (Phi) is 5.97. The molecule has 0 N–H and O–H groups in total.